The van der Waals surface area contributed by atoms with E-state index in [1.54, 1.807) is 23.5 Å². The van der Waals surface area contributed by atoms with E-state index in [1.165, 1.54) is 0 Å². The second kappa shape index (κ2) is 6.22. The van der Waals surface area contributed by atoms with Gasteiger partial charge in [-0.1, -0.05) is 12.1 Å². The fourth-order valence-corrected chi connectivity index (χ4v) is 3.24. The molecule has 0 atom stereocenters. The van der Waals surface area contributed by atoms with Crippen molar-refractivity contribution in [3.05, 3.63) is 35.8 Å². The SMILES string of the molecule is CSc1nc(-c2ccccc2-c2nc(SC)c(C)o2)oc1C. The molecule has 0 aliphatic heterocycles. The molecule has 0 N–H and O–H groups in total. The lowest BCUT2D eigenvalue weighted by Crippen LogP contribution is -1.85. The molecule has 2 heterocycles. The molecule has 0 saturated heterocycles. The minimum absolute atomic E-state index is 0.596. The maximum Gasteiger partial charge on any atom is 0.228 e. The summed E-state index contributed by atoms with van der Waals surface area (Å²) in [5.74, 6) is 2.84. The number of hydrogen-bond acceptors (Lipinski definition) is 6. The van der Waals surface area contributed by atoms with Gasteiger partial charge in [0.1, 0.15) is 21.6 Å². The van der Waals surface area contributed by atoms with Crippen LogP contribution < -0.4 is 0 Å². The van der Waals surface area contributed by atoms with E-state index in [0.717, 1.165) is 32.7 Å². The highest BCUT2D eigenvalue weighted by Gasteiger charge is 2.19. The Hall–Kier alpha value is -1.66. The smallest absolute Gasteiger partial charge is 0.228 e. The molecule has 22 heavy (non-hydrogen) atoms. The van der Waals surface area contributed by atoms with Crippen molar-refractivity contribution in [3.8, 4) is 22.9 Å². The first-order chi connectivity index (χ1) is 10.6. The number of rotatable bonds is 4. The highest BCUT2D eigenvalue weighted by molar-refractivity contribution is 7.98. The van der Waals surface area contributed by atoms with E-state index in [0.29, 0.717) is 11.8 Å². The third-order valence-corrected chi connectivity index (χ3v) is 4.81. The molecule has 114 valence electrons. The van der Waals surface area contributed by atoms with E-state index in [4.69, 9.17) is 8.83 Å². The van der Waals surface area contributed by atoms with Gasteiger partial charge in [0.15, 0.2) is 0 Å². The Labute approximate surface area is 137 Å². The van der Waals surface area contributed by atoms with E-state index in [2.05, 4.69) is 9.97 Å². The Morgan fingerprint density at radius 3 is 1.50 bits per heavy atom. The van der Waals surface area contributed by atoms with E-state index in [9.17, 15) is 0 Å². The Balaban J connectivity index is 2.13. The highest BCUT2D eigenvalue weighted by Crippen LogP contribution is 2.35. The Bertz CT molecular complexity index is 741. The molecule has 3 rings (SSSR count). The van der Waals surface area contributed by atoms with Crippen molar-refractivity contribution in [2.24, 2.45) is 0 Å². The van der Waals surface area contributed by atoms with Gasteiger partial charge in [0, 0.05) is 11.1 Å². The van der Waals surface area contributed by atoms with Crippen LogP contribution >= 0.6 is 23.5 Å². The summed E-state index contributed by atoms with van der Waals surface area (Å²) in [6.45, 7) is 3.85. The highest BCUT2D eigenvalue weighted by atomic mass is 32.2. The lowest BCUT2D eigenvalue weighted by atomic mass is 10.1. The van der Waals surface area contributed by atoms with Crippen molar-refractivity contribution < 1.29 is 8.83 Å². The number of oxazole rings is 2. The molecule has 3 aromatic rings. The molecule has 6 heteroatoms. The summed E-state index contributed by atoms with van der Waals surface area (Å²) in [7, 11) is 0. The monoisotopic (exact) mass is 332 g/mol. The molecular formula is C16H16N2O2S2. The molecule has 0 amide bonds. The van der Waals surface area contributed by atoms with Crippen molar-refractivity contribution in [3.63, 3.8) is 0 Å². The number of thioether (sulfide) groups is 2. The number of aryl methyl sites for hydroxylation is 2. The fourth-order valence-electron chi connectivity index (χ4n) is 2.23. The van der Waals surface area contributed by atoms with Crippen LogP contribution in [-0.2, 0) is 0 Å². The first-order valence-electron chi connectivity index (χ1n) is 6.76. The van der Waals surface area contributed by atoms with Crippen LogP contribution in [-0.4, -0.2) is 22.5 Å². The summed E-state index contributed by atoms with van der Waals surface area (Å²) in [5, 5.41) is 1.80. The molecule has 4 nitrogen and oxygen atoms in total. The zero-order valence-electron chi connectivity index (χ0n) is 12.8. The summed E-state index contributed by atoms with van der Waals surface area (Å²) in [6, 6.07) is 7.87. The van der Waals surface area contributed by atoms with Crippen molar-refractivity contribution in [2.75, 3.05) is 12.5 Å². The van der Waals surface area contributed by atoms with Gasteiger partial charge in [-0.2, -0.15) is 0 Å². The van der Waals surface area contributed by atoms with Crippen molar-refractivity contribution >= 4 is 23.5 Å². The largest absolute Gasteiger partial charge is 0.440 e. The quantitative estimate of drug-likeness (QED) is 0.623. The van der Waals surface area contributed by atoms with Crippen molar-refractivity contribution in [1.29, 1.82) is 0 Å². The van der Waals surface area contributed by atoms with Crippen molar-refractivity contribution in [2.45, 2.75) is 23.9 Å². The molecule has 0 spiro atoms. The van der Waals surface area contributed by atoms with Crippen molar-refractivity contribution in [1.82, 2.24) is 9.97 Å². The number of aromatic nitrogens is 2. The lowest BCUT2D eigenvalue weighted by molar-refractivity contribution is 0.531. The van der Waals surface area contributed by atoms with Gasteiger partial charge in [0.05, 0.1) is 0 Å². The molecule has 1 aromatic carbocycles. The second-order valence-corrected chi connectivity index (χ2v) is 6.30. The molecule has 2 aromatic heterocycles. The van der Waals surface area contributed by atoms with Gasteiger partial charge < -0.3 is 8.83 Å². The van der Waals surface area contributed by atoms with Gasteiger partial charge in [0.25, 0.3) is 0 Å². The number of benzene rings is 1. The number of hydrogen-bond donors (Lipinski definition) is 0. The summed E-state index contributed by atoms with van der Waals surface area (Å²) < 4.78 is 11.6. The molecule has 0 unspecified atom stereocenters. The Kier molecular flexibility index (Phi) is 4.31. The van der Waals surface area contributed by atoms with E-state index in [-0.39, 0.29) is 0 Å². The maximum atomic E-state index is 5.81. The average molecular weight is 332 g/mol. The molecule has 0 fully saturated rings. The van der Waals surface area contributed by atoms with Crippen LogP contribution in [0.25, 0.3) is 22.9 Å². The van der Waals surface area contributed by atoms with Gasteiger partial charge in [-0.05, 0) is 38.5 Å². The molecule has 0 aliphatic carbocycles. The lowest BCUT2D eigenvalue weighted by Gasteiger charge is -2.02. The zero-order valence-corrected chi connectivity index (χ0v) is 14.5. The predicted molar refractivity (Wildman–Crippen MR) is 90.5 cm³/mol. The van der Waals surface area contributed by atoms with Crippen LogP contribution in [0.5, 0.6) is 0 Å². The van der Waals surface area contributed by atoms with Crippen LogP contribution in [0.1, 0.15) is 11.5 Å². The molecule has 0 saturated carbocycles. The van der Waals surface area contributed by atoms with Gasteiger partial charge >= 0.3 is 0 Å². The molecule has 0 bridgehead atoms. The summed E-state index contributed by atoms with van der Waals surface area (Å²) in [4.78, 5) is 9.11. The van der Waals surface area contributed by atoms with E-state index in [1.807, 2.05) is 50.6 Å². The molecule has 0 aliphatic rings. The first-order valence-corrected chi connectivity index (χ1v) is 9.21. The van der Waals surface area contributed by atoms with Gasteiger partial charge in [-0.3, -0.25) is 0 Å². The normalized spacial score (nSPS) is 11.1. The van der Waals surface area contributed by atoms with Gasteiger partial charge in [-0.15, -0.1) is 23.5 Å². The van der Waals surface area contributed by atoms with E-state index >= 15 is 0 Å². The Morgan fingerprint density at radius 2 is 1.18 bits per heavy atom. The van der Waals surface area contributed by atoms with Crippen LogP contribution in [0.2, 0.25) is 0 Å². The van der Waals surface area contributed by atoms with Gasteiger partial charge in [0.2, 0.25) is 11.8 Å². The first kappa shape index (κ1) is 15.2. The second-order valence-electron chi connectivity index (χ2n) is 4.71. The molecule has 0 radical (unpaired) electrons. The average Bonchev–Trinajstić information content (AvgIpc) is 3.09. The zero-order chi connectivity index (χ0) is 15.7. The fraction of sp³-hybridized carbons (Fsp3) is 0.250. The maximum absolute atomic E-state index is 5.81. The third kappa shape index (κ3) is 2.68. The minimum atomic E-state index is 0.596. The minimum Gasteiger partial charge on any atom is -0.440 e. The van der Waals surface area contributed by atoms with E-state index < -0.39 is 0 Å². The third-order valence-electron chi connectivity index (χ3n) is 3.28. The van der Waals surface area contributed by atoms with Crippen LogP contribution in [0.3, 0.4) is 0 Å². The standard InChI is InChI=1S/C16H16N2O2S2/c1-9-15(21-3)17-13(19-9)11-7-5-6-8-12(11)14-18-16(22-4)10(2)20-14/h5-8H,1-4H3. The van der Waals surface area contributed by atoms with Crippen LogP contribution in [0, 0.1) is 13.8 Å². The summed E-state index contributed by atoms with van der Waals surface area (Å²) >= 11 is 3.15. The summed E-state index contributed by atoms with van der Waals surface area (Å²) in [6.07, 6.45) is 3.98. The summed E-state index contributed by atoms with van der Waals surface area (Å²) in [5.41, 5.74) is 1.78. The molecular weight excluding hydrogens is 316 g/mol. The Morgan fingerprint density at radius 1 is 0.773 bits per heavy atom. The number of nitrogens with zero attached hydrogens (tertiary/aromatic N) is 2. The van der Waals surface area contributed by atoms with Gasteiger partial charge in [-0.25, -0.2) is 9.97 Å². The topological polar surface area (TPSA) is 52.1 Å². The predicted octanol–water partition coefficient (Wildman–Crippen LogP) is 5.06. The van der Waals surface area contributed by atoms with Crippen LogP contribution in [0.15, 0.2) is 43.2 Å². The van der Waals surface area contributed by atoms with Crippen LogP contribution in [0.4, 0.5) is 0 Å².